The molecule has 0 unspecified atom stereocenters. The number of aromatic nitrogens is 1. The van der Waals surface area contributed by atoms with Crippen LogP contribution in [-0.2, 0) is 11.2 Å². The number of carbonyl (C=O) groups excluding carboxylic acids is 1. The van der Waals surface area contributed by atoms with E-state index < -0.39 is 17.3 Å². The van der Waals surface area contributed by atoms with E-state index in [2.05, 4.69) is 20.9 Å². The van der Waals surface area contributed by atoms with Crippen molar-refractivity contribution in [3.05, 3.63) is 61.2 Å². The second-order valence-corrected chi connectivity index (χ2v) is 6.13. The number of aromatic amines is 1. The summed E-state index contributed by atoms with van der Waals surface area (Å²) < 4.78 is 19.2. The van der Waals surface area contributed by atoms with Crippen LogP contribution >= 0.6 is 15.9 Å². The number of nitrogens with one attached hydrogen (secondary N) is 1. The van der Waals surface area contributed by atoms with Gasteiger partial charge < -0.3 is 9.72 Å². The Balaban J connectivity index is 2.12. The smallest absolute Gasteiger partial charge is 0.311 e. The van der Waals surface area contributed by atoms with E-state index in [-0.39, 0.29) is 24.2 Å². The van der Waals surface area contributed by atoms with Gasteiger partial charge in [0.15, 0.2) is 11.6 Å². The number of esters is 1. The first-order valence-corrected chi connectivity index (χ1v) is 7.91. The minimum atomic E-state index is -0.638. The van der Waals surface area contributed by atoms with Crippen LogP contribution in [0.3, 0.4) is 0 Å². The molecule has 0 aliphatic carbocycles. The van der Waals surface area contributed by atoms with Gasteiger partial charge in [0.25, 0.3) is 5.56 Å². The van der Waals surface area contributed by atoms with Gasteiger partial charge in [0.2, 0.25) is 0 Å². The largest absolute Gasteiger partial charge is 0.423 e. The van der Waals surface area contributed by atoms with Gasteiger partial charge in [0, 0.05) is 10.2 Å². The van der Waals surface area contributed by atoms with Crippen molar-refractivity contribution in [2.45, 2.75) is 26.7 Å². The predicted octanol–water partition coefficient (Wildman–Crippen LogP) is 3.30. The molecule has 24 heavy (non-hydrogen) atoms. The number of H-pyrrole nitrogens is 1. The number of ether oxygens (including phenoxy) is 1. The summed E-state index contributed by atoms with van der Waals surface area (Å²) in [7, 11) is 0. The molecule has 2 rings (SSSR count). The number of benzene rings is 1. The molecular weight excluding hydrogens is 379 g/mol. The molecule has 0 amide bonds. The standard InChI is InChI=1S/C17H14BrFN2O3/c1-9-12(10(2)21-17(23)13(9)8-20)4-6-16(22)24-15-5-3-11(18)7-14(15)19/h3,5,7H,4,6H2,1-2H3,(H,21,23). The first-order valence-electron chi connectivity index (χ1n) is 7.11. The highest BCUT2D eigenvalue weighted by Crippen LogP contribution is 2.22. The van der Waals surface area contributed by atoms with Gasteiger partial charge >= 0.3 is 5.97 Å². The van der Waals surface area contributed by atoms with Crippen LogP contribution in [0, 0.1) is 31.0 Å². The normalized spacial score (nSPS) is 10.3. The first-order chi connectivity index (χ1) is 11.3. The van der Waals surface area contributed by atoms with E-state index in [9.17, 15) is 14.0 Å². The molecule has 1 heterocycles. The summed E-state index contributed by atoms with van der Waals surface area (Å²) in [6.45, 7) is 3.36. The average molecular weight is 393 g/mol. The van der Waals surface area contributed by atoms with Crippen LogP contribution in [0.25, 0.3) is 0 Å². The maximum Gasteiger partial charge on any atom is 0.311 e. The van der Waals surface area contributed by atoms with E-state index in [1.807, 2.05) is 6.07 Å². The summed E-state index contributed by atoms with van der Waals surface area (Å²) in [5.74, 6) is -1.38. The number of pyridine rings is 1. The monoisotopic (exact) mass is 392 g/mol. The Labute approximate surface area is 146 Å². The molecular formula is C17H14BrFN2O3. The molecule has 0 fully saturated rings. The highest BCUT2D eigenvalue weighted by molar-refractivity contribution is 9.10. The molecule has 0 bridgehead atoms. The van der Waals surface area contributed by atoms with Crippen LogP contribution in [0.1, 0.15) is 28.8 Å². The van der Waals surface area contributed by atoms with Crippen LogP contribution in [0.5, 0.6) is 5.75 Å². The third kappa shape index (κ3) is 3.89. The summed E-state index contributed by atoms with van der Waals surface area (Å²) in [6, 6.07) is 6.00. The van der Waals surface area contributed by atoms with Crippen molar-refractivity contribution in [1.29, 1.82) is 5.26 Å². The van der Waals surface area contributed by atoms with Crippen LogP contribution in [-0.4, -0.2) is 11.0 Å². The lowest BCUT2D eigenvalue weighted by molar-refractivity contribution is -0.134. The number of nitrogens with zero attached hydrogens (tertiary/aromatic N) is 1. The van der Waals surface area contributed by atoms with E-state index in [0.29, 0.717) is 21.3 Å². The zero-order valence-corrected chi connectivity index (χ0v) is 14.7. The van der Waals surface area contributed by atoms with Gasteiger partial charge in [-0.15, -0.1) is 0 Å². The first kappa shape index (κ1) is 17.9. The van der Waals surface area contributed by atoms with E-state index in [1.54, 1.807) is 19.9 Å². The van der Waals surface area contributed by atoms with E-state index in [4.69, 9.17) is 10.00 Å². The molecule has 1 aromatic heterocycles. The fourth-order valence-electron chi connectivity index (χ4n) is 2.38. The second kappa shape index (κ2) is 7.41. The second-order valence-electron chi connectivity index (χ2n) is 5.22. The third-order valence-corrected chi connectivity index (χ3v) is 4.11. The van der Waals surface area contributed by atoms with Crippen LogP contribution in [0.2, 0.25) is 0 Å². The Kier molecular flexibility index (Phi) is 5.52. The fraction of sp³-hybridized carbons (Fsp3) is 0.235. The van der Waals surface area contributed by atoms with Crippen molar-refractivity contribution in [1.82, 2.24) is 4.98 Å². The number of nitriles is 1. The van der Waals surface area contributed by atoms with Crippen molar-refractivity contribution < 1.29 is 13.9 Å². The van der Waals surface area contributed by atoms with Crippen molar-refractivity contribution in [3.8, 4) is 11.8 Å². The highest BCUT2D eigenvalue weighted by Gasteiger charge is 2.15. The Morgan fingerprint density at radius 2 is 2.12 bits per heavy atom. The molecule has 2 aromatic rings. The number of carbonyl (C=O) groups is 1. The molecule has 0 aliphatic rings. The number of aryl methyl sites for hydroxylation is 1. The summed E-state index contributed by atoms with van der Waals surface area (Å²) in [5.41, 5.74) is 1.43. The van der Waals surface area contributed by atoms with E-state index in [0.717, 1.165) is 0 Å². The summed E-state index contributed by atoms with van der Waals surface area (Å²) >= 11 is 3.12. The fourth-order valence-corrected chi connectivity index (χ4v) is 2.71. The van der Waals surface area contributed by atoms with Crippen LogP contribution < -0.4 is 10.3 Å². The molecule has 1 N–H and O–H groups in total. The molecule has 7 heteroatoms. The van der Waals surface area contributed by atoms with Gasteiger partial charge in [-0.2, -0.15) is 5.26 Å². The topological polar surface area (TPSA) is 83.0 Å². The minimum absolute atomic E-state index is 0.00586. The number of rotatable bonds is 4. The zero-order chi connectivity index (χ0) is 17.9. The van der Waals surface area contributed by atoms with Crippen molar-refractivity contribution in [3.63, 3.8) is 0 Å². The summed E-state index contributed by atoms with van der Waals surface area (Å²) in [6.07, 6.45) is 0.272. The molecule has 124 valence electrons. The zero-order valence-electron chi connectivity index (χ0n) is 13.1. The molecule has 0 aliphatic heterocycles. The summed E-state index contributed by atoms with van der Waals surface area (Å²) in [4.78, 5) is 26.2. The van der Waals surface area contributed by atoms with E-state index >= 15 is 0 Å². The number of hydrogen-bond acceptors (Lipinski definition) is 4. The van der Waals surface area contributed by atoms with Crippen molar-refractivity contribution >= 4 is 21.9 Å². The molecule has 1 aromatic carbocycles. The SMILES string of the molecule is Cc1[nH]c(=O)c(C#N)c(C)c1CCC(=O)Oc1ccc(Br)cc1F. The van der Waals surface area contributed by atoms with Gasteiger partial charge in [-0.1, -0.05) is 15.9 Å². The molecule has 0 spiro atoms. The van der Waals surface area contributed by atoms with Gasteiger partial charge in [-0.05, 0) is 49.6 Å². The molecule has 0 saturated carbocycles. The lowest BCUT2D eigenvalue weighted by Gasteiger charge is -2.11. The lowest BCUT2D eigenvalue weighted by atomic mass is 9.99. The van der Waals surface area contributed by atoms with Gasteiger partial charge in [-0.3, -0.25) is 9.59 Å². The molecule has 0 saturated heterocycles. The Morgan fingerprint density at radius 1 is 1.42 bits per heavy atom. The Hall–Kier alpha value is -2.46. The van der Waals surface area contributed by atoms with E-state index in [1.165, 1.54) is 12.1 Å². The number of hydrogen-bond donors (Lipinski definition) is 1. The summed E-state index contributed by atoms with van der Waals surface area (Å²) in [5, 5.41) is 9.03. The predicted molar refractivity (Wildman–Crippen MR) is 89.3 cm³/mol. The van der Waals surface area contributed by atoms with Crippen LogP contribution in [0.15, 0.2) is 27.5 Å². The quantitative estimate of drug-likeness (QED) is 0.638. The third-order valence-electron chi connectivity index (χ3n) is 3.62. The van der Waals surface area contributed by atoms with Crippen molar-refractivity contribution in [2.24, 2.45) is 0 Å². The van der Waals surface area contributed by atoms with Gasteiger partial charge in [-0.25, -0.2) is 4.39 Å². The number of halogens is 2. The highest BCUT2D eigenvalue weighted by atomic mass is 79.9. The van der Waals surface area contributed by atoms with Gasteiger partial charge in [0.1, 0.15) is 11.6 Å². The van der Waals surface area contributed by atoms with Gasteiger partial charge in [0.05, 0.1) is 6.42 Å². The molecule has 0 atom stereocenters. The lowest BCUT2D eigenvalue weighted by Crippen LogP contribution is -2.18. The molecule has 0 radical (unpaired) electrons. The minimum Gasteiger partial charge on any atom is -0.423 e. The Morgan fingerprint density at radius 3 is 2.75 bits per heavy atom. The average Bonchev–Trinajstić information content (AvgIpc) is 2.50. The maximum atomic E-state index is 13.7. The Bertz CT molecular complexity index is 900. The van der Waals surface area contributed by atoms with Crippen molar-refractivity contribution in [2.75, 3.05) is 0 Å². The maximum absolute atomic E-state index is 13.7. The molecule has 5 nitrogen and oxygen atoms in total. The van der Waals surface area contributed by atoms with Crippen LogP contribution in [0.4, 0.5) is 4.39 Å².